The molecule has 1 N–H and O–H groups in total. The van der Waals surface area contributed by atoms with Crippen molar-refractivity contribution in [3.8, 4) is 0 Å². The van der Waals surface area contributed by atoms with Crippen molar-refractivity contribution in [2.24, 2.45) is 0 Å². The molecule has 0 radical (unpaired) electrons. The quantitative estimate of drug-likeness (QED) is 0.687. The Balaban J connectivity index is 2.13. The Kier molecular flexibility index (Phi) is 5.35. The predicted molar refractivity (Wildman–Crippen MR) is 88.2 cm³/mol. The van der Waals surface area contributed by atoms with E-state index in [9.17, 15) is 4.39 Å². The van der Waals surface area contributed by atoms with E-state index in [-0.39, 0.29) is 17.9 Å². The number of benzene rings is 2. The van der Waals surface area contributed by atoms with Gasteiger partial charge in [0, 0.05) is 16.6 Å². The SMILES string of the molecule is CC(N[C@H](C)c1ccccc1Br)c1ccc(F)c(Br)c1. The van der Waals surface area contributed by atoms with Crippen molar-refractivity contribution in [1.82, 2.24) is 5.32 Å². The molecule has 0 saturated heterocycles. The zero-order chi connectivity index (χ0) is 14.7. The Morgan fingerprint density at radius 1 is 0.950 bits per heavy atom. The van der Waals surface area contributed by atoms with Crippen LogP contribution in [0.5, 0.6) is 0 Å². The molecule has 0 aromatic heterocycles. The molecule has 20 heavy (non-hydrogen) atoms. The molecular weight excluding hydrogens is 385 g/mol. The van der Waals surface area contributed by atoms with Crippen LogP contribution in [0.15, 0.2) is 51.4 Å². The average molecular weight is 401 g/mol. The summed E-state index contributed by atoms with van der Waals surface area (Å²) in [5.74, 6) is -0.236. The first-order chi connectivity index (χ1) is 9.49. The summed E-state index contributed by atoms with van der Waals surface area (Å²) in [4.78, 5) is 0. The van der Waals surface area contributed by atoms with Crippen molar-refractivity contribution in [1.29, 1.82) is 0 Å². The molecule has 0 amide bonds. The Hall–Kier alpha value is -0.710. The van der Waals surface area contributed by atoms with Crippen LogP contribution < -0.4 is 5.32 Å². The third-order valence-electron chi connectivity index (χ3n) is 3.32. The molecule has 106 valence electrons. The van der Waals surface area contributed by atoms with Crippen molar-refractivity contribution in [2.45, 2.75) is 25.9 Å². The topological polar surface area (TPSA) is 12.0 Å². The largest absolute Gasteiger partial charge is 0.304 e. The van der Waals surface area contributed by atoms with E-state index >= 15 is 0 Å². The fourth-order valence-corrected chi connectivity index (χ4v) is 3.19. The smallest absolute Gasteiger partial charge is 0.137 e. The molecule has 2 aromatic carbocycles. The minimum Gasteiger partial charge on any atom is -0.304 e. The number of hydrogen-bond acceptors (Lipinski definition) is 1. The molecule has 0 fully saturated rings. The Labute approximate surface area is 135 Å². The van der Waals surface area contributed by atoms with Crippen LogP contribution in [0.25, 0.3) is 0 Å². The molecule has 0 heterocycles. The maximum absolute atomic E-state index is 13.3. The highest BCUT2D eigenvalue weighted by Crippen LogP contribution is 2.27. The van der Waals surface area contributed by atoms with Crippen LogP contribution >= 0.6 is 31.9 Å². The fraction of sp³-hybridized carbons (Fsp3) is 0.250. The molecule has 0 aliphatic heterocycles. The van der Waals surface area contributed by atoms with Crippen molar-refractivity contribution < 1.29 is 4.39 Å². The van der Waals surface area contributed by atoms with Crippen molar-refractivity contribution in [3.63, 3.8) is 0 Å². The zero-order valence-electron chi connectivity index (χ0n) is 11.3. The molecule has 1 unspecified atom stereocenters. The standard InChI is InChI=1S/C16H16Br2FN/c1-10(12-7-8-16(19)15(18)9-12)20-11(2)13-5-3-4-6-14(13)17/h3-11,20H,1-2H3/t10?,11-/m1/s1. The molecule has 0 bridgehead atoms. The molecule has 0 aliphatic carbocycles. The lowest BCUT2D eigenvalue weighted by Gasteiger charge is -2.22. The molecular formula is C16H16Br2FN. The highest BCUT2D eigenvalue weighted by Gasteiger charge is 2.14. The van der Waals surface area contributed by atoms with Crippen molar-refractivity contribution in [3.05, 3.63) is 68.4 Å². The zero-order valence-corrected chi connectivity index (χ0v) is 14.5. The van der Waals surface area contributed by atoms with Crippen LogP contribution in [-0.4, -0.2) is 0 Å². The molecule has 0 spiro atoms. The summed E-state index contributed by atoms with van der Waals surface area (Å²) in [7, 11) is 0. The van der Waals surface area contributed by atoms with Gasteiger partial charge in [0.15, 0.2) is 0 Å². The molecule has 1 nitrogen and oxygen atoms in total. The van der Waals surface area contributed by atoms with Crippen LogP contribution in [0.4, 0.5) is 4.39 Å². The number of rotatable bonds is 4. The Bertz CT molecular complexity index is 601. The lowest BCUT2D eigenvalue weighted by Crippen LogP contribution is -2.22. The van der Waals surface area contributed by atoms with E-state index in [4.69, 9.17) is 0 Å². The van der Waals surface area contributed by atoms with Gasteiger partial charge in [-0.15, -0.1) is 0 Å². The van der Waals surface area contributed by atoms with Crippen LogP contribution in [0, 0.1) is 5.82 Å². The minimum absolute atomic E-state index is 0.133. The first-order valence-electron chi connectivity index (χ1n) is 6.44. The van der Waals surface area contributed by atoms with E-state index in [0.29, 0.717) is 4.47 Å². The van der Waals surface area contributed by atoms with Gasteiger partial charge in [-0.1, -0.05) is 40.2 Å². The van der Waals surface area contributed by atoms with Crippen molar-refractivity contribution >= 4 is 31.9 Å². The minimum atomic E-state index is -0.236. The summed E-state index contributed by atoms with van der Waals surface area (Å²) in [6.07, 6.45) is 0. The van der Waals surface area contributed by atoms with Gasteiger partial charge in [-0.05, 0) is 59.1 Å². The molecule has 2 aromatic rings. The number of halogens is 3. The van der Waals surface area contributed by atoms with Crippen molar-refractivity contribution in [2.75, 3.05) is 0 Å². The van der Waals surface area contributed by atoms with Gasteiger partial charge < -0.3 is 5.32 Å². The second-order valence-electron chi connectivity index (χ2n) is 4.81. The Morgan fingerprint density at radius 3 is 2.30 bits per heavy atom. The highest BCUT2D eigenvalue weighted by molar-refractivity contribution is 9.10. The second kappa shape index (κ2) is 6.83. The van der Waals surface area contributed by atoms with Gasteiger partial charge in [-0.2, -0.15) is 0 Å². The maximum atomic E-state index is 13.3. The average Bonchev–Trinajstić information content (AvgIpc) is 2.42. The van der Waals surface area contributed by atoms with E-state index in [1.807, 2.05) is 30.3 Å². The molecule has 2 atom stereocenters. The predicted octanol–water partition coefficient (Wildman–Crippen LogP) is 5.76. The van der Waals surface area contributed by atoms with Crippen LogP contribution in [0.2, 0.25) is 0 Å². The first-order valence-corrected chi connectivity index (χ1v) is 8.03. The van der Waals surface area contributed by atoms with Crippen LogP contribution in [-0.2, 0) is 0 Å². The van der Waals surface area contributed by atoms with Gasteiger partial charge >= 0.3 is 0 Å². The van der Waals surface area contributed by atoms with E-state index in [1.165, 1.54) is 11.6 Å². The van der Waals surface area contributed by atoms with E-state index in [2.05, 4.69) is 57.1 Å². The molecule has 0 saturated carbocycles. The van der Waals surface area contributed by atoms with Gasteiger partial charge in [0.1, 0.15) is 5.82 Å². The van der Waals surface area contributed by atoms with E-state index in [0.717, 1.165) is 10.0 Å². The summed E-state index contributed by atoms with van der Waals surface area (Å²) in [5, 5.41) is 3.53. The fourth-order valence-electron chi connectivity index (χ4n) is 2.17. The lowest BCUT2D eigenvalue weighted by molar-refractivity contribution is 0.492. The normalized spacial score (nSPS) is 14.1. The van der Waals surface area contributed by atoms with Crippen LogP contribution in [0.3, 0.4) is 0 Å². The summed E-state index contributed by atoms with van der Waals surface area (Å²) in [6, 6.07) is 13.6. The summed E-state index contributed by atoms with van der Waals surface area (Å²) >= 11 is 6.79. The van der Waals surface area contributed by atoms with Gasteiger partial charge in [0.2, 0.25) is 0 Å². The van der Waals surface area contributed by atoms with Gasteiger partial charge in [0.05, 0.1) is 4.47 Å². The number of hydrogen-bond donors (Lipinski definition) is 1. The van der Waals surface area contributed by atoms with Gasteiger partial charge in [0.25, 0.3) is 0 Å². The number of nitrogens with one attached hydrogen (secondary N) is 1. The highest BCUT2D eigenvalue weighted by atomic mass is 79.9. The van der Waals surface area contributed by atoms with E-state index in [1.54, 1.807) is 0 Å². The Morgan fingerprint density at radius 2 is 1.65 bits per heavy atom. The molecule has 2 rings (SSSR count). The van der Waals surface area contributed by atoms with Gasteiger partial charge in [-0.25, -0.2) is 4.39 Å². The maximum Gasteiger partial charge on any atom is 0.137 e. The molecule has 0 aliphatic rings. The lowest BCUT2D eigenvalue weighted by atomic mass is 10.0. The summed E-state index contributed by atoms with van der Waals surface area (Å²) in [5.41, 5.74) is 2.26. The first kappa shape index (κ1) is 15.7. The summed E-state index contributed by atoms with van der Waals surface area (Å²) in [6.45, 7) is 4.20. The van der Waals surface area contributed by atoms with E-state index < -0.39 is 0 Å². The molecule has 4 heteroatoms. The second-order valence-corrected chi connectivity index (χ2v) is 6.51. The van der Waals surface area contributed by atoms with Gasteiger partial charge in [-0.3, -0.25) is 0 Å². The summed E-state index contributed by atoms with van der Waals surface area (Å²) < 4.78 is 14.9. The monoisotopic (exact) mass is 399 g/mol. The van der Waals surface area contributed by atoms with Crippen LogP contribution in [0.1, 0.15) is 37.1 Å². The third kappa shape index (κ3) is 3.68. The third-order valence-corrected chi connectivity index (χ3v) is 4.65.